The van der Waals surface area contributed by atoms with Crippen LogP contribution in [0.25, 0.3) is 11.3 Å². The lowest BCUT2D eigenvalue weighted by Crippen LogP contribution is -2.39. The second kappa shape index (κ2) is 6.80. The van der Waals surface area contributed by atoms with Gasteiger partial charge in [0.05, 0.1) is 18.8 Å². The van der Waals surface area contributed by atoms with Gasteiger partial charge in [0, 0.05) is 19.0 Å². The molecule has 7 nitrogen and oxygen atoms in total. The van der Waals surface area contributed by atoms with Crippen molar-refractivity contribution in [1.82, 2.24) is 20.4 Å². The zero-order valence-electron chi connectivity index (χ0n) is 14.5. The molecule has 134 valence electrons. The molecular formula is C18H18FN5O2. The molecule has 26 heavy (non-hydrogen) atoms. The van der Waals surface area contributed by atoms with Crippen LogP contribution in [0.1, 0.15) is 23.4 Å². The first kappa shape index (κ1) is 16.6. The Kier molecular flexibility index (Phi) is 4.34. The first-order chi connectivity index (χ1) is 12.6. The topological polar surface area (TPSA) is 77.2 Å². The van der Waals surface area contributed by atoms with E-state index in [1.807, 2.05) is 19.1 Å². The number of nitrogens with zero attached hydrogens (tertiary/aromatic N) is 5. The van der Waals surface area contributed by atoms with Crippen LogP contribution in [0.5, 0.6) is 0 Å². The smallest absolute Gasteiger partial charge is 0.246 e. The van der Waals surface area contributed by atoms with Crippen LogP contribution < -0.4 is 4.90 Å². The van der Waals surface area contributed by atoms with Crippen LogP contribution >= 0.6 is 0 Å². The van der Waals surface area contributed by atoms with Gasteiger partial charge in [-0.25, -0.2) is 4.39 Å². The molecule has 0 amide bonds. The van der Waals surface area contributed by atoms with E-state index in [0.29, 0.717) is 42.7 Å². The van der Waals surface area contributed by atoms with Gasteiger partial charge in [-0.2, -0.15) is 0 Å². The van der Waals surface area contributed by atoms with Gasteiger partial charge in [0.15, 0.2) is 11.9 Å². The fourth-order valence-corrected chi connectivity index (χ4v) is 3.01. The van der Waals surface area contributed by atoms with Crippen LogP contribution in [-0.4, -0.2) is 40.1 Å². The Morgan fingerprint density at radius 2 is 2.00 bits per heavy atom. The van der Waals surface area contributed by atoms with Gasteiger partial charge in [-0.05, 0) is 30.7 Å². The fraction of sp³-hybridized carbons (Fsp3) is 0.333. The largest absolute Gasteiger partial charge is 0.423 e. The van der Waals surface area contributed by atoms with E-state index in [2.05, 4.69) is 25.3 Å². The molecule has 1 saturated heterocycles. The Hall–Kier alpha value is -2.87. The number of hydrogen-bond acceptors (Lipinski definition) is 7. The first-order valence-electron chi connectivity index (χ1n) is 8.37. The standard InChI is InChI=1S/C18H18FN5O2/c1-11-8-15(13-4-3-5-14(19)9-13)21-22-17(11)24-6-7-25-16(10-24)18-23-20-12(2)26-18/h3-5,8-9,16H,6-7,10H2,1-2H3. The van der Waals surface area contributed by atoms with Crippen LogP contribution in [0.2, 0.25) is 0 Å². The van der Waals surface area contributed by atoms with Crippen molar-refractivity contribution in [2.45, 2.75) is 20.0 Å². The average Bonchev–Trinajstić information content (AvgIpc) is 3.08. The lowest BCUT2D eigenvalue weighted by Gasteiger charge is -2.32. The highest BCUT2D eigenvalue weighted by Crippen LogP contribution is 2.28. The maximum Gasteiger partial charge on any atom is 0.246 e. The van der Waals surface area contributed by atoms with Crippen molar-refractivity contribution >= 4 is 5.82 Å². The molecule has 0 aliphatic carbocycles. The Labute approximate surface area is 149 Å². The molecule has 3 heterocycles. The Morgan fingerprint density at radius 3 is 2.73 bits per heavy atom. The quantitative estimate of drug-likeness (QED) is 0.715. The van der Waals surface area contributed by atoms with Crippen molar-refractivity contribution in [1.29, 1.82) is 0 Å². The number of halogens is 1. The zero-order valence-corrected chi connectivity index (χ0v) is 14.5. The summed E-state index contributed by atoms with van der Waals surface area (Å²) in [5.74, 6) is 1.46. The first-order valence-corrected chi connectivity index (χ1v) is 8.37. The van der Waals surface area contributed by atoms with Crippen molar-refractivity contribution in [2.75, 3.05) is 24.6 Å². The van der Waals surface area contributed by atoms with Gasteiger partial charge in [0.25, 0.3) is 0 Å². The second-order valence-corrected chi connectivity index (χ2v) is 6.21. The van der Waals surface area contributed by atoms with Crippen LogP contribution in [0.3, 0.4) is 0 Å². The van der Waals surface area contributed by atoms with Crippen LogP contribution in [0, 0.1) is 19.7 Å². The molecule has 2 aromatic heterocycles. The predicted molar refractivity (Wildman–Crippen MR) is 92.1 cm³/mol. The van der Waals surface area contributed by atoms with Gasteiger partial charge < -0.3 is 14.1 Å². The molecule has 0 N–H and O–H groups in total. The van der Waals surface area contributed by atoms with Crippen molar-refractivity contribution in [2.24, 2.45) is 0 Å². The minimum Gasteiger partial charge on any atom is -0.423 e. The SMILES string of the molecule is Cc1nnc(C2CN(c3nnc(-c4cccc(F)c4)cc3C)CCO2)o1. The van der Waals surface area contributed by atoms with Gasteiger partial charge >= 0.3 is 0 Å². The number of anilines is 1. The summed E-state index contributed by atoms with van der Waals surface area (Å²) in [5, 5.41) is 16.5. The van der Waals surface area contributed by atoms with Gasteiger partial charge in [0.2, 0.25) is 11.8 Å². The molecule has 1 unspecified atom stereocenters. The summed E-state index contributed by atoms with van der Waals surface area (Å²) in [7, 11) is 0. The molecule has 3 aromatic rings. The van der Waals surface area contributed by atoms with Crippen molar-refractivity contribution < 1.29 is 13.5 Å². The Balaban J connectivity index is 1.57. The molecular weight excluding hydrogens is 337 g/mol. The highest BCUT2D eigenvalue weighted by molar-refractivity contribution is 5.62. The maximum absolute atomic E-state index is 13.4. The minimum atomic E-state index is -0.297. The normalized spacial score (nSPS) is 17.5. The highest BCUT2D eigenvalue weighted by atomic mass is 19.1. The summed E-state index contributed by atoms with van der Waals surface area (Å²) in [4.78, 5) is 2.09. The number of benzene rings is 1. The molecule has 0 bridgehead atoms. The van der Waals surface area contributed by atoms with Gasteiger partial charge in [-0.1, -0.05) is 12.1 Å². The zero-order chi connectivity index (χ0) is 18.1. The molecule has 1 atom stereocenters. The van der Waals surface area contributed by atoms with E-state index < -0.39 is 0 Å². The lowest BCUT2D eigenvalue weighted by atomic mass is 10.1. The predicted octanol–water partition coefficient (Wildman–Crippen LogP) is 2.86. The monoisotopic (exact) mass is 355 g/mol. The Bertz CT molecular complexity index is 929. The van der Waals surface area contributed by atoms with E-state index in [-0.39, 0.29) is 11.9 Å². The lowest BCUT2D eigenvalue weighted by molar-refractivity contribution is 0.0213. The minimum absolute atomic E-state index is 0.295. The third kappa shape index (κ3) is 3.28. The summed E-state index contributed by atoms with van der Waals surface area (Å²) in [6, 6.07) is 8.25. The number of morpholine rings is 1. The Morgan fingerprint density at radius 1 is 1.12 bits per heavy atom. The van der Waals surface area contributed by atoms with Crippen molar-refractivity contribution in [3.63, 3.8) is 0 Å². The van der Waals surface area contributed by atoms with E-state index in [0.717, 1.165) is 11.4 Å². The number of hydrogen-bond donors (Lipinski definition) is 0. The van der Waals surface area contributed by atoms with Gasteiger partial charge in [-0.3, -0.25) is 0 Å². The van der Waals surface area contributed by atoms with E-state index in [4.69, 9.17) is 9.15 Å². The molecule has 0 spiro atoms. The molecule has 4 rings (SSSR count). The van der Waals surface area contributed by atoms with Crippen LogP contribution in [0.4, 0.5) is 10.2 Å². The van der Waals surface area contributed by atoms with Gasteiger partial charge in [-0.15, -0.1) is 20.4 Å². The molecule has 1 aromatic carbocycles. The van der Waals surface area contributed by atoms with E-state index >= 15 is 0 Å². The summed E-state index contributed by atoms with van der Waals surface area (Å²) in [5.41, 5.74) is 2.30. The van der Waals surface area contributed by atoms with Crippen LogP contribution in [-0.2, 0) is 4.74 Å². The second-order valence-electron chi connectivity index (χ2n) is 6.21. The van der Waals surface area contributed by atoms with E-state index in [9.17, 15) is 4.39 Å². The van der Waals surface area contributed by atoms with Crippen LogP contribution in [0.15, 0.2) is 34.7 Å². The molecule has 0 radical (unpaired) electrons. The number of rotatable bonds is 3. The van der Waals surface area contributed by atoms with Crippen molar-refractivity contribution in [3.8, 4) is 11.3 Å². The molecule has 1 aliphatic rings. The molecule has 1 fully saturated rings. The number of aromatic nitrogens is 4. The molecule has 8 heteroatoms. The fourth-order valence-electron chi connectivity index (χ4n) is 3.01. The number of aryl methyl sites for hydroxylation is 2. The average molecular weight is 355 g/mol. The van der Waals surface area contributed by atoms with E-state index in [1.165, 1.54) is 12.1 Å². The van der Waals surface area contributed by atoms with E-state index in [1.54, 1.807) is 13.0 Å². The summed E-state index contributed by atoms with van der Waals surface area (Å²) in [6.45, 7) is 5.49. The third-order valence-electron chi connectivity index (χ3n) is 4.26. The summed E-state index contributed by atoms with van der Waals surface area (Å²) < 4.78 is 24.7. The van der Waals surface area contributed by atoms with Crippen molar-refractivity contribution in [3.05, 3.63) is 53.5 Å². The summed E-state index contributed by atoms with van der Waals surface area (Å²) >= 11 is 0. The maximum atomic E-state index is 13.4. The third-order valence-corrected chi connectivity index (χ3v) is 4.26. The summed E-state index contributed by atoms with van der Waals surface area (Å²) in [6.07, 6.45) is -0.297. The highest BCUT2D eigenvalue weighted by Gasteiger charge is 2.28. The molecule has 1 aliphatic heterocycles. The number of ether oxygens (including phenoxy) is 1. The van der Waals surface area contributed by atoms with Gasteiger partial charge in [0.1, 0.15) is 5.82 Å². The molecule has 0 saturated carbocycles.